The third kappa shape index (κ3) is 3.71. The molecule has 0 fully saturated rings. The molecular formula is C19H16N2OS4. The van der Waals surface area contributed by atoms with E-state index >= 15 is 0 Å². The number of amides is 1. The molecule has 0 N–H and O–H groups in total. The lowest BCUT2D eigenvalue weighted by molar-refractivity contribution is 0.0991. The number of anilines is 1. The molecule has 0 unspecified atom stereocenters. The van der Waals surface area contributed by atoms with Crippen molar-refractivity contribution < 1.29 is 4.79 Å². The van der Waals surface area contributed by atoms with Crippen LogP contribution in [0.5, 0.6) is 0 Å². The monoisotopic (exact) mass is 416 g/mol. The van der Waals surface area contributed by atoms with Gasteiger partial charge in [0.25, 0.3) is 5.91 Å². The number of thioether (sulfide) groups is 1. The molecule has 26 heavy (non-hydrogen) atoms. The second-order valence-electron chi connectivity index (χ2n) is 5.59. The van der Waals surface area contributed by atoms with Crippen LogP contribution in [0.15, 0.2) is 58.1 Å². The van der Waals surface area contributed by atoms with E-state index in [2.05, 4.69) is 29.8 Å². The summed E-state index contributed by atoms with van der Waals surface area (Å²) in [6.45, 7) is 0.631. The molecule has 0 spiro atoms. The number of hydrogen-bond donors (Lipinski definition) is 0. The summed E-state index contributed by atoms with van der Waals surface area (Å²) in [5, 5.41) is 4.78. The van der Waals surface area contributed by atoms with Gasteiger partial charge in [0.05, 0.1) is 15.1 Å². The molecule has 0 radical (unpaired) electrons. The molecule has 132 valence electrons. The first kappa shape index (κ1) is 17.7. The minimum absolute atomic E-state index is 0.0284. The van der Waals surface area contributed by atoms with Crippen molar-refractivity contribution in [1.82, 2.24) is 4.98 Å². The Morgan fingerprint density at radius 2 is 2.00 bits per heavy atom. The van der Waals surface area contributed by atoms with Crippen molar-refractivity contribution in [3.05, 3.63) is 63.0 Å². The Morgan fingerprint density at radius 3 is 2.73 bits per heavy atom. The summed E-state index contributed by atoms with van der Waals surface area (Å²) in [6, 6.07) is 14.2. The number of aromatic nitrogens is 1. The van der Waals surface area contributed by atoms with Crippen LogP contribution in [0.2, 0.25) is 0 Å². The maximum absolute atomic E-state index is 13.1. The third-order valence-corrected chi connectivity index (χ3v) is 7.51. The Balaban J connectivity index is 1.68. The van der Waals surface area contributed by atoms with E-state index in [4.69, 9.17) is 4.98 Å². The number of carbonyl (C=O) groups is 1. The minimum atomic E-state index is 0.0284. The van der Waals surface area contributed by atoms with Crippen LogP contribution >= 0.6 is 45.8 Å². The van der Waals surface area contributed by atoms with Crippen LogP contribution in [0.4, 0.5) is 5.13 Å². The van der Waals surface area contributed by atoms with E-state index in [0.717, 1.165) is 26.6 Å². The Hall–Kier alpha value is -1.67. The van der Waals surface area contributed by atoms with Crippen LogP contribution in [-0.2, 0) is 6.42 Å². The molecule has 0 aliphatic carbocycles. The zero-order chi connectivity index (χ0) is 17.9. The summed E-state index contributed by atoms with van der Waals surface area (Å²) in [4.78, 5) is 22.9. The molecule has 0 saturated carbocycles. The van der Waals surface area contributed by atoms with Gasteiger partial charge in [-0.15, -0.1) is 34.4 Å². The fraction of sp³-hybridized carbons (Fsp3) is 0.158. The second-order valence-corrected chi connectivity index (χ2v) is 9.46. The van der Waals surface area contributed by atoms with E-state index in [1.165, 1.54) is 21.1 Å². The molecule has 3 heterocycles. The van der Waals surface area contributed by atoms with Gasteiger partial charge in [0, 0.05) is 16.3 Å². The lowest BCUT2D eigenvalue weighted by Gasteiger charge is -2.18. The van der Waals surface area contributed by atoms with Crippen LogP contribution < -0.4 is 4.90 Å². The first-order chi connectivity index (χ1) is 12.7. The number of fused-ring (bicyclic) bond motifs is 1. The van der Waals surface area contributed by atoms with Crippen molar-refractivity contribution in [2.24, 2.45) is 0 Å². The average Bonchev–Trinajstić information content (AvgIpc) is 3.41. The van der Waals surface area contributed by atoms with Gasteiger partial charge >= 0.3 is 0 Å². The topological polar surface area (TPSA) is 33.2 Å². The zero-order valence-corrected chi connectivity index (χ0v) is 17.3. The van der Waals surface area contributed by atoms with Gasteiger partial charge < -0.3 is 0 Å². The summed E-state index contributed by atoms with van der Waals surface area (Å²) < 4.78 is 1.12. The van der Waals surface area contributed by atoms with Crippen LogP contribution in [0.25, 0.3) is 10.2 Å². The molecule has 7 heteroatoms. The smallest absolute Gasteiger partial charge is 0.270 e. The molecule has 0 aliphatic rings. The standard InChI is InChI=1S/C19H16N2OS4/c1-23-14-6-7-15-17(12-14)26-19(20-15)21(9-8-13-4-2-10-24-13)18(22)16-5-3-11-25-16/h2-7,10-12H,8-9H2,1H3. The fourth-order valence-corrected chi connectivity index (χ4v) is 5.54. The number of nitrogens with zero attached hydrogens (tertiary/aromatic N) is 2. The van der Waals surface area contributed by atoms with Crippen molar-refractivity contribution in [1.29, 1.82) is 0 Å². The fourth-order valence-electron chi connectivity index (χ4n) is 2.63. The Morgan fingerprint density at radius 1 is 1.15 bits per heavy atom. The largest absolute Gasteiger partial charge is 0.283 e. The molecule has 1 aromatic carbocycles. The Labute approximate surface area is 168 Å². The molecule has 3 nitrogen and oxygen atoms in total. The van der Waals surface area contributed by atoms with Gasteiger partial charge in [-0.3, -0.25) is 9.69 Å². The minimum Gasteiger partial charge on any atom is -0.283 e. The summed E-state index contributed by atoms with van der Waals surface area (Å²) >= 11 is 6.50. The van der Waals surface area contributed by atoms with Gasteiger partial charge in [0.2, 0.25) is 0 Å². The van der Waals surface area contributed by atoms with Crippen molar-refractivity contribution in [3.63, 3.8) is 0 Å². The maximum Gasteiger partial charge on any atom is 0.270 e. The van der Waals surface area contributed by atoms with E-state index in [1.54, 1.807) is 34.4 Å². The second kappa shape index (κ2) is 7.92. The van der Waals surface area contributed by atoms with Gasteiger partial charge in [-0.05, 0) is 53.8 Å². The summed E-state index contributed by atoms with van der Waals surface area (Å²) in [5.74, 6) is 0.0284. The highest BCUT2D eigenvalue weighted by Gasteiger charge is 2.22. The molecular weight excluding hydrogens is 400 g/mol. The number of rotatable bonds is 6. The van der Waals surface area contributed by atoms with Gasteiger partial charge in [0.1, 0.15) is 0 Å². The van der Waals surface area contributed by atoms with E-state index in [1.807, 2.05) is 34.5 Å². The van der Waals surface area contributed by atoms with Gasteiger partial charge in [-0.25, -0.2) is 4.98 Å². The lowest BCUT2D eigenvalue weighted by atomic mass is 10.3. The summed E-state index contributed by atoms with van der Waals surface area (Å²) in [7, 11) is 0. The highest BCUT2D eigenvalue weighted by Crippen LogP contribution is 2.33. The Kier molecular flexibility index (Phi) is 5.40. The van der Waals surface area contributed by atoms with E-state index in [-0.39, 0.29) is 5.91 Å². The van der Waals surface area contributed by atoms with Crippen LogP contribution in [0.3, 0.4) is 0 Å². The van der Waals surface area contributed by atoms with Crippen molar-refractivity contribution in [3.8, 4) is 0 Å². The molecule has 0 saturated heterocycles. The molecule has 4 aromatic rings. The van der Waals surface area contributed by atoms with E-state index in [0.29, 0.717) is 6.54 Å². The quantitative estimate of drug-likeness (QED) is 0.360. The molecule has 0 bridgehead atoms. The van der Waals surface area contributed by atoms with Crippen LogP contribution in [-0.4, -0.2) is 23.7 Å². The number of thiophene rings is 2. The summed E-state index contributed by atoms with van der Waals surface area (Å²) in [6.07, 6.45) is 2.90. The number of carbonyl (C=O) groups excluding carboxylic acids is 1. The average molecular weight is 417 g/mol. The highest BCUT2D eigenvalue weighted by atomic mass is 32.2. The van der Waals surface area contributed by atoms with Crippen LogP contribution in [0, 0.1) is 0 Å². The number of thiazole rings is 1. The van der Waals surface area contributed by atoms with Gasteiger partial charge in [-0.2, -0.15) is 0 Å². The molecule has 4 rings (SSSR count). The predicted octanol–water partition coefficient (Wildman–Crippen LogP) is 6.03. The van der Waals surface area contributed by atoms with Crippen molar-refractivity contribution in [2.75, 3.05) is 17.7 Å². The maximum atomic E-state index is 13.1. The summed E-state index contributed by atoms with van der Waals surface area (Å²) in [5.41, 5.74) is 0.947. The first-order valence-electron chi connectivity index (χ1n) is 8.07. The molecule has 1 amide bonds. The number of hydrogen-bond acceptors (Lipinski definition) is 6. The number of benzene rings is 1. The van der Waals surface area contributed by atoms with E-state index in [9.17, 15) is 4.79 Å². The normalized spacial score (nSPS) is 11.1. The van der Waals surface area contributed by atoms with E-state index < -0.39 is 0 Å². The molecule has 0 aliphatic heterocycles. The van der Waals surface area contributed by atoms with Crippen LogP contribution in [0.1, 0.15) is 14.5 Å². The van der Waals surface area contributed by atoms with Crippen molar-refractivity contribution in [2.45, 2.75) is 11.3 Å². The molecule has 0 atom stereocenters. The molecule has 3 aromatic heterocycles. The lowest BCUT2D eigenvalue weighted by Crippen LogP contribution is -2.32. The first-order valence-corrected chi connectivity index (χ1v) is 11.9. The predicted molar refractivity (Wildman–Crippen MR) is 115 cm³/mol. The van der Waals surface area contributed by atoms with Gasteiger partial charge in [0.15, 0.2) is 5.13 Å². The van der Waals surface area contributed by atoms with Gasteiger partial charge in [-0.1, -0.05) is 23.5 Å². The zero-order valence-electron chi connectivity index (χ0n) is 14.0. The highest BCUT2D eigenvalue weighted by molar-refractivity contribution is 7.98. The third-order valence-electron chi connectivity index (χ3n) is 3.95. The Bertz CT molecular complexity index is 1010. The van der Waals surface area contributed by atoms with Crippen molar-refractivity contribution >= 4 is 67.0 Å². The SMILES string of the molecule is CSc1ccc2nc(N(CCc3cccs3)C(=O)c3cccs3)sc2c1.